The number of nitrogens with one attached hydrogen (secondary N) is 1. The van der Waals surface area contributed by atoms with E-state index in [4.69, 9.17) is 10.6 Å². The van der Waals surface area contributed by atoms with E-state index < -0.39 is 0 Å². The number of ether oxygens (including phenoxy) is 1. The molecule has 21 heavy (non-hydrogen) atoms. The third-order valence-electron chi connectivity index (χ3n) is 3.09. The molecule has 0 aliphatic heterocycles. The van der Waals surface area contributed by atoms with Crippen molar-refractivity contribution in [2.75, 3.05) is 0 Å². The lowest BCUT2D eigenvalue weighted by molar-refractivity contribution is -0.120. The van der Waals surface area contributed by atoms with Crippen LogP contribution in [-0.2, 0) is 17.8 Å². The predicted molar refractivity (Wildman–Crippen MR) is 77.9 cm³/mol. The van der Waals surface area contributed by atoms with E-state index >= 15 is 0 Å². The number of rotatable bonds is 5. The highest BCUT2D eigenvalue weighted by atomic mass is 19.1. The fraction of sp³-hybridized carbons (Fsp3) is 0.188. The van der Waals surface area contributed by atoms with Gasteiger partial charge in [0.15, 0.2) is 0 Å². The summed E-state index contributed by atoms with van der Waals surface area (Å²) in [4.78, 5) is 11.1. The van der Waals surface area contributed by atoms with Gasteiger partial charge in [0.2, 0.25) is 5.91 Å². The number of nitrogens with two attached hydrogens (primary N) is 1. The Morgan fingerprint density at radius 3 is 2.52 bits per heavy atom. The fourth-order valence-corrected chi connectivity index (χ4v) is 1.88. The van der Waals surface area contributed by atoms with Gasteiger partial charge in [0.25, 0.3) is 0 Å². The molecular formula is C16H17FN2O2. The largest absolute Gasteiger partial charge is 0.489 e. The highest BCUT2D eigenvalue weighted by Gasteiger charge is 2.04. The summed E-state index contributed by atoms with van der Waals surface area (Å²) >= 11 is 0. The second kappa shape index (κ2) is 6.85. The number of halogens is 1. The van der Waals surface area contributed by atoms with Gasteiger partial charge < -0.3 is 4.74 Å². The topological polar surface area (TPSA) is 64.3 Å². The monoisotopic (exact) mass is 288 g/mol. The SMILES string of the molecule is Cc1ccc(F)cc1OCc1ccc(CC(=O)NN)cc1. The zero-order valence-electron chi connectivity index (χ0n) is 11.7. The summed E-state index contributed by atoms with van der Waals surface area (Å²) in [6.45, 7) is 2.21. The van der Waals surface area contributed by atoms with Gasteiger partial charge in [0.1, 0.15) is 18.2 Å². The van der Waals surface area contributed by atoms with E-state index in [0.717, 1.165) is 16.7 Å². The van der Waals surface area contributed by atoms with Crippen molar-refractivity contribution in [2.45, 2.75) is 20.0 Å². The van der Waals surface area contributed by atoms with Crippen LogP contribution in [0.4, 0.5) is 4.39 Å². The van der Waals surface area contributed by atoms with Crippen molar-refractivity contribution >= 4 is 5.91 Å². The Bertz CT molecular complexity index is 627. The average molecular weight is 288 g/mol. The maximum absolute atomic E-state index is 13.2. The number of amides is 1. The zero-order valence-corrected chi connectivity index (χ0v) is 11.7. The minimum absolute atomic E-state index is 0.237. The normalized spacial score (nSPS) is 10.2. The van der Waals surface area contributed by atoms with Crippen molar-refractivity contribution in [3.8, 4) is 5.75 Å². The zero-order chi connectivity index (χ0) is 15.2. The smallest absolute Gasteiger partial charge is 0.238 e. The first-order valence-corrected chi connectivity index (χ1v) is 6.54. The Morgan fingerprint density at radius 2 is 1.86 bits per heavy atom. The van der Waals surface area contributed by atoms with E-state index in [0.29, 0.717) is 12.4 Å². The number of hydrazine groups is 1. The van der Waals surface area contributed by atoms with Crippen molar-refractivity contribution in [3.63, 3.8) is 0 Å². The molecule has 0 aromatic heterocycles. The summed E-state index contributed by atoms with van der Waals surface area (Å²) in [7, 11) is 0. The molecule has 0 aliphatic rings. The number of benzene rings is 2. The summed E-state index contributed by atoms with van der Waals surface area (Å²) in [5.74, 6) is 5.01. The molecule has 4 nitrogen and oxygen atoms in total. The number of carbonyl (C=O) groups excluding carboxylic acids is 1. The standard InChI is InChI=1S/C16H17FN2O2/c1-11-2-7-14(17)9-15(11)21-10-13-5-3-12(4-6-13)8-16(20)19-18/h2-7,9H,8,10,18H2,1H3,(H,19,20). The van der Waals surface area contributed by atoms with Gasteiger partial charge in [-0.3, -0.25) is 10.2 Å². The molecule has 0 atom stereocenters. The molecule has 0 heterocycles. The molecule has 0 unspecified atom stereocenters. The molecule has 1 amide bonds. The minimum atomic E-state index is -0.321. The van der Waals surface area contributed by atoms with E-state index in [2.05, 4.69) is 5.43 Å². The van der Waals surface area contributed by atoms with Crippen LogP contribution < -0.4 is 16.0 Å². The number of hydrogen-bond donors (Lipinski definition) is 2. The van der Waals surface area contributed by atoms with Gasteiger partial charge in [-0.05, 0) is 29.7 Å². The van der Waals surface area contributed by atoms with E-state index in [1.807, 2.05) is 31.2 Å². The van der Waals surface area contributed by atoms with Crippen LogP contribution in [0.1, 0.15) is 16.7 Å². The van der Waals surface area contributed by atoms with Gasteiger partial charge in [-0.15, -0.1) is 0 Å². The summed E-state index contributed by atoms with van der Waals surface area (Å²) < 4.78 is 18.8. The van der Waals surface area contributed by atoms with Crippen molar-refractivity contribution < 1.29 is 13.9 Å². The van der Waals surface area contributed by atoms with Gasteiger partial charge in [-0.25, -0.2) is 10.2 Å². The van der Waals surface area contributed by atoms with E-state index in [1.165, 1.54) is 12.1 Å². The molecule has 0 bridgehead atoms. The Hall–Kier alpha value is -2.40. The van der Waals surface area contributed by atoms with Crippen molar-refractivity contribution in [2.24, 2.45) is 5.84 Å². The lowest BCUT2D eigenvalue weighted by Crippen LogP contribution is -2.31. The number of aryl methyl sites for hydroxylation is 1. The molecule has 0 radical (unpaired) electrons. The highest BCUT2D eigenvalue weighted by molar-refractivity contribution is 5.77. The molecule has 0 spiro atoms. The van der Waals surface area contributed by atoms with Crippen LogP contribution >= 0.6 is 0 Å². The van der Waals surface area contributed by atoms with E-state index in [1.54, 1.807) is 6.07 Å². The Labute approximate surface area is 122 Å². The van der Waals surface area contributed by atoms with Crippen LogP contribution in [0, 0.1) is 12.7 Å². The van der Waals surface area contributed by atoms with Gasteiger partial charge in [-0.2, -0.15) is 0 Å². The van der Waals surface area contributed by atoms with Crippen LogP contribution in [0.5, 0.6) is 5.75 Å². The lowest BCUT2D eigenvalue weighted by atomic mass is 10.1. The molecule has 5 heteroatoms. The predicted octanol–water partition coefficient (Wildman–Crippen LogP) is 2.25. The van der Waals surface area contributed by atoms with Crippen LogP contribution in [-0.4, -0.2) is 5.91 Å². The van der Waals surface area contributed by atoms with Gasteiger partial charge >= 0.3 is 0 Å². The summed E-state index contributed by atoms with van der Waals surface area (Å²) in [5.41, 5.74) is 4.77. The molecule has 0 fully saturated rings. The van der Waals surface area contributed by atoms with E-state index in [9.17, 15) is 9.18 Å². The summed E-state index contributed by atoms with van der Waals surface area (Å²) in [5, 5.41) is 0. The number of hydrogen-bond acceptors (Lipinski definition) is 3. The number of carbonyl (C=O) groups is 1. The molecule has 110 valence electrons. The summed E-state index contributed by atoms with van der Waals surface area (Å²) in [6.07, 6.45) is 0.237. The first-order chi connectivity index (χ1) is 10.1. The van der Waals surface area contributed by atoms with Gasteiger partial charge in [0, 0.05) is 6.07 Å². The molecule has 2 aromatic carbocycles. The molecule has 0 saturated heterocycles. The molecular weight excluding hydrogens is 271 g/mol. The van der Waals surface area contributed by atoms with Crippen molar-refractivity contribution in [3.05, 3.63) is 65.0 Å². The van der Waals surface area contributed by atoms with Crippen LogP contribution in [0.3, 0.4) is 0 Å². The molecule has 0 aliphatic carbocycles. The van der Waals surface area contributed by atoms with E-state index in [-0.39, 0.29) is 18.1 Å². The van der Waals surface area contributed by atoms with Crippen molar-refractivity contribution in [1.82, 2.24) is 5.43 Å². The van der Waals surface area contributed by atoms with Crippen LogP contribution in [0.15, 0.2) is 42.5 Å². The van der Waals surface area contributed by atoms with Crippen LogP contribution in [0.25, 0.3) is 0 Å². The average Bonchev–Trinajstić information content (AvgIpc) is 2.49. The fourth-order valence-electron chi connectivity index (χ4n) is 1.88. The first-order valence-electron chi connectivity index (χ1n) is 6.54. The molecule has 2 aromatic rings. The van der Waals surface area contributed by atoms with Crippen LogP contribution in [0.2, 0.25) is 0 Å². The highest BCUT2D eigenvalue weighted by Crippen LogP contribution is 2.20. The second-order valence-corrected chi connectivity index (χ2v) is 4.76. The Kier molecular flexibility index (Phi) is 4.90. The first kappa shape index (κ1) is 15.0. The summed E-state index contributed by atoms with van der Waals surface area (Å²) in [6, 6.07) is 11.9. The minimum Gasteiger partial charge on any atom is -0.489 e. The molecule has 0 saturated carbocycles. The third kappa shape index (κ3) is 4.29. The maximum atomic E-state index is 13.2. The molecule has 2 rings (SSSR count). The Balaban J connectivity index is 1.97. The second-order valence-electron chi connectivity index (χ2n) is 4.76. The third-order valence-corrected chi connectivity index (χ3v) is 3.09. The van der Waals surface area contributed by atoms with Gasteiger partial charge in [-0.1, -0.05) is 30.3 Å². The van der Waals surface area contributed by atoms with Gasteiger partial charge in [0.05, 0.1) is 6.42 Å². The Morgan fingerprint density at radius 1 is 1.19 bits per heavy atom. The molecule has 3 N–H and O–H groups in total. The lowest BCUT2D eigenvalue weighted by Gasteiger charge is -2.09. The van der Waals surface area contributed by atoms with Crippen molar-refractivity contribution in [1.29, 1.82) is 0 Å². The maximum Gasteiger partial charge on any atom is 0.238 e. The quantitative estimate of drug-likeness (QED) is 0.504.